The zero-order chi connectivity index (χ0) is 15.0. The molecule has 0 N–H and O–H groups in total. The van der Waals surface area contributed by atoms with Crippen LogP contribution in [0.5, 0.6) is 0 Å². The molecular formula is C19H24N2O. The number of ether oxygens (including phenoxy) is 1. The lowest BCUT2D eigenvalue weighted by Crippen LogP contribution is -2.48. The molecule has 2 aromatic rings. The van der Waals surface area contributed by atoms with Crippen LogP contribution >= 0.6 is 0 Å². The van der Waals surface area contributed by atoms with Crippen molar-refractivity contribution in [1.82, 2.24) is 4.98 Å². The molecule has 0 radical (unpaired) electrons. The summed E-state index contributed by atoms with van der Waals surface area (Å²) in [6.07, 6.45) is 8.72. The highest BCUT2D eigenvalue weighted by molar-refractivity contribution is 5.92. The van der Waals surface area contributed by atoms with E-state index in [1.807, 2.05) is 13.3 Å². The number of fused-ring (bicyclic) bond motifs is 1. The van der Waals surface area contributed by atoms with Crippen molar-refractivity contribution < 1.29 is 4.74 Å². The van der Waals surface area contributed by atoms with Gasteiger partial charge in [-0.3, -0.25) is 0 Å². The SMILES string of the molecule is CO[C@@H]1CCC[C@@]12CCCN(c1nccc3ccccc13)C2. The van der Waals surface area contributed by atoms with Crippen LogP contribution in [-0.2, 0) is 4.74 Å². The number of benzene rings is 1. The minimum atomic E-state index is 0.339. The average molecular weight is 296 g/mol. The van der Waals surface area contributed by atoms with E-state index in [1.54, 1.807) is 0 Å². The molecule has 3 nitrogen and oxygen atoms in total. The lowest BCUT2D eigenvalue weighted by Gasteiger charge is -2.44. The Balaban J connectivity index is 1.70. The fraction of sp³-hybridized carbons (Fsp3) is 0.526. The molecule has 1 saturated heterocycles. The maximum Gasteiger partial charge on any atom is 0.136 e. The predicted octanol–water partition coefficient (Wildman–Crippen LogP) is 4.02. The Morgan fingerprint density at radius 1 is 1.18 bits per heavy atom. The number of piperidine rings is 1. The van der Waals surface area contributed by atoms with Crippen molar-refractivity contribution in [2.24, 2.45) is 5.41 Å². The first-order valence-electron chi connectivity index (χ1n) is 8.44. The second-order valence-corrected chi connectivity index (χ2v) is 6.86. The van der Waals surface area contributed by atoms with Crippen molar-refractivity contribution in [2.75, 3.05) is 25.1 Å². The number of hydrogen-bond acceptors (Lipinski definition) is 3. The molecule has 116 valence electrons. The van der Waals surface area contributed by atoms with Crippen molar-refractivity contribution in [3.8, 4) is 0 Å². The first-order chi connectivity index (χ1) is 10.8. The summed E-state index contributed by atoms with van der Waals surface area (Å²) in [6, 6.07) is 10.7. The third kappa shape index (κ3) is 2.19. The van der Waals surface area contributed by atoms with Crippen LogP contribution in [0.2, 0.25) is 0 Å². The highest BCUT2D eigenvalue weighted by atomic mass is 16.5. The van der Waals surface area contributed by atoms with Crippen molar-refractivity contribution in [3.63, 3.8) is 0 Å². The number of methoxy groups -OCH3 is 1. The van der Waals surface area contributed by atoms with E-state index in [1.165, 1.54) is 42.9 Å². The number of hydrogen-bond donors (Lipinski definition) is 0. The molecule has 1 aromatic heterocycles. The van der Waals surface area contributed by atoms with Crippen molar-refractivity contribution in [1.29, 1.82) is 0 Å². The second kappa shape index (κ2) is 5.54. The van der Waals surface area contributed by atoms with E-state index in [2.05, 4.69) is 35.2 Å². The van der Waals surface area contributed by atoms with Gasteiger partial charge in [0, 0.05) is 37.2 Å². The molecular weight excluding hydrogens is 272 g/mol. The molecule has 1 aliphatic heterocycles. The maximum absolute atomic E-state index is 5.83. The molecule has 4 rings (SSSR count). The molecule has 3 heteroatoms. The monoisotopic (exact) mass is 296 g/mol. The molecule has 1 saturated carbocycles. The van der Waals surface area contributed by atoms with Crippen LogP contribution in [0.25, 0.3) is 10.8 Å². The van der Waals surface area contributed by atoms with E-state index >= 15 is 0 Å². The molecule has 0 unspecified atom stereocenters. The van der Waals surface area contributed by atoms with Gasteiger partial charge in [0.2, 0.25) is 0 Å². The summed E-state index contributed by atoms with van der Waals surface area (Å²) in [4.78, 5) is 7.22. The van der Waals surface area contributed by atoms with Gasteiger partial charge in [0.05, 0.1) is 6.10 Å². The second-order valence-electron chi connectivity index (χ2n) is 6.86. The molecule has 22 heavy (non-hydrogen) atoms. The number of pyridine rings is 1. The van der Waals surface area contributed by atoms with Crippen LogP contribution in [-0.4, -0.2) is 31.3 Å². The Morgan fingerprint density at radius 3 is 2.95 bits per heavy atom. The zero-order valence-electron chi connectivity index (χ0n) is 13.3. The van der Waals surface area contributed by atoms with Crippen LogP contribution in [0.4, 0.5) is 5.82 Å². The van der Waals surface area contributed by atoms with E-state index in [9.17, 15) is 0 Å². The molecule has 0 amide bonds. The van der Waals surface area contributed by atoms with Crippen LogP contribution < -0.4 is 4.90 Å². The van der Waals surface area contributed by atoms with Gasteiger partial charge in [0.25, 0.3) is 0 Å². The van der Waals surface area contributed by atoms with Gasteiger partial charge in [-0.05, 0) is 37.1 Å². The van der Waals surface area contributed by atoms with Gasteiger partial charge < -0.3 is 9.64 Å². The maximum atomic E-state index is 5.83. The minimum Gasteiger partial charge on any atom is -0.381 e. The van der Waals surface area contributed by atoms with Crippen molar-refractivity contribution in [2.45, 2.75) is 38.2 Å². The lowest BCUT2D eigenvalue weighted by atomic mass is 9.76. The third-order valence-electron chi connectivity index (χ3n) is 5.67. The Kier molecular flexibility index (Phi) is 3.53. The van der Waals surface area contributed by atoms with Crippen LogP contribution in [0.3, 0.4) is 0 Å². The lowest BCUT2D eigenvalue weighted by molar-refractivity contribution is 0.00220. The van der Waals surface area contributed by atoms with E-state index in [-0.39, 0.29) is 0 Å². The summed E-state index contributed by atoms with van der Waals surface area (Å²) in [6.45, 7) is 2.20. The fourth-order valence-electron chi connectivity index (χ4n) is 4.64. The molecule has 2 aliphatic rings. The van der Waals surface area contributed by atoms with Gasteiger partial charge >= 0.3 is 0 Å². The van der Waals surface area contributed by atoms with Crippen LogP contribution in [0.1, 0.15) is 32.1 Å². The quantitative estimate of drug-likeness (QED) is 0.837. The first-order valence-corrected chi connectivity index (χ1v) is 8.44. The normalized spacial score (nSPS) is 28.6. The van der Waals surface area contributed by atoms with Gasteiger partial charge in [-0.2, -0.15) is 0 Å². The summed E-state index contributed by atoms with van der Waals surface area (Å²) in [5.41, 5.74) is 0.339. The predicted molar refractivity (Wildman–Crippen MR) is 90.3 cm³/mol. The van der Waals surface area contributed by atoms with E-state index in [0.717, 1.165) is 18.9 Å². The van der Waals surface area contributed by atoms with Gasteiger partial charge in [-0.1, -0.05) is 30.7 Å². The molecule has 2 fully saturated rings. The summed E-state index contributed by atoms with van der Waals surface area (Å²) < 4.78 is 5.83. The number of nitrogens with zero attached hydrogens (tertiary/aromatic N) is 2. The third-order valence-corrected chi connectivity index (χ3v) is 5.67. The van der Waals surface area contributed by atoms with Gasteiger partial charge in [-0.15, -0.1) is 0 Å². The molecule has 1 aliphatic carbocycles. The Morgan fingerprint density at radius 2 is 2.05 bits per heavy atom. The average Bonchev–Trinajstić information content (AvgIpc) is 2.96. The highest BCUT2D eigenvalue weighted by Gasteiger charge is 2.46. The van der Waals surface area contributed by atoms with Crippen molar-refractivity contribution >= 4 is 16.6 Å². The summed E-state index contributed by atoms with van der Waals surface area (Å²) in [7, 11) is 1.88. The smallest absolute Gasteiger partial charge is 0.136 e. The molecule has 0 bridgehead atoms. The largest absolute Gasteiger partial charge is 0.381 e. The number of anilines is 1. The molecule has 2 heterocycles. The van der Waals surface area contributed by atoms with Crippen molar-refractivity contribution in [3.05, 3.63) is 36.5 Å². The van der Waals surface area contributed by atoms with Crippen LogP contribution in [0, 0.1) is 5.41 Å². The topological polar surface area (TPSA) is 25.4 Å². The van der Waals surface area contributed by atoms with Crippen LogP contribution in [0.15, 0.2) is 36.5 Å². The summed E-state index contributed by atoms with van der Waals surface area (Å²) in [5, 5.41) is 2.55. The Bertz CT molecular complexity index is 666. The Hall–Kier alpha value is -1.61. The standard InChI is InChI=1S/C19H24N2O/c1-22-17-8-4-10-19(17)11-5-13-21(14-19)18-16-7-3-2-6-15(16)9-12-20-18/h2-3,6-7,9,12,17H,4-5,8,10-11,13-14H2,1H3/t17-,19+/m1/s1. The summed E-state index contributed by atoms with van der Waals surface area (Å²) in [5.74, 6) is 1.15. The van der Waals surface area contributed by atoms with E-state index < -0.39 is 0 Å². The van der Waals surface area contributed by atoms with E-state index in [4.69, 9.17) is 9.72 Å². The fourth-order valence-corrected chi connectivity index (χ4v) is 4.64. The van der Waals surface area contributed by atoms with E-state index in [0.29, 0.717) is 11.5 Å². The Labute approximate surface area is 132 Å². The molecule has 2 atom stereocenters. The number of rotatable bonds is 2. The van der Waals surface area contributed by atoms with Gasteiger partial charge in [-0.25, -0.2) is 4.98 Å². The first kappa shape index (κ1) is 14.0. The zero-order valence-corrected chi connectivity index (χ0v) is 13.3. The highest BCUT2D eigenvalue weighted by Crippen LogP contribution is 2.47. The minimum absolute atomic E-state index is 0.339. The number of aromatic nitrogens is 1. The van der Waals surface area contributed by atoms with Gasteiger partial charge in [0.15, 0.2) is 0 Å². The van der Waals surface area contributed by atoms with Gasteiger partial charge in [0.1, 0.15) is 5.82 Å². The molecule has 1 spiro atoms. The summed E-state index contributed by atoms with van der Waals surface area (Å²) >= 11 is 0. The molecule has 1 aromatic carbocycles.